The molecule has 0 amide bonds. The van der Waals surface area contributed by atoms with Crippen molar-refractivity contribution in [2.45, 2.75) is 11.8 Å². The average molecular weight is 374 g/mol. The van der Waals surface area contributed by atoms with Crippen LogP contribution in [0.2, 0.25) is 0 Å². The molecule has 9 nitrogen and oxygen atoms in total. The number of para-hydroxylation sites is 1. The van der Waals surface area contributed by atoms with Crippen molar-refractivity contribution in [3.05, 3.63) is 53.9 Å². The number of carboxylic acid groups (broad SMARTS) is 1. The van der Waals surface area contributed by atoms with Gasteiger partial charge in [-0.05, 0) is 36.8 Å². The molecule has 0 saturated carbocycles. The number of carboxylic acids is 1. The zero-order valence-electron chi connectivity index (χ0n) is 13.5. The zero-order valence-corrected chi connectivity index (χ0v) is 14.3. The molecule has 0 aliphatic carbocycles. The summed E-state index contributed by atoms with van der Waals surface area (Å²) < 4.78 is 28.0. The van der Waals surface area contributed by atoms with Crippen LogP contribution in [0.4, 0.5) is 5.69 Å². The Labute approximate surface area is 148 Å². The van der Waals surface area contributed by atoms with Gasteiger partial charge < -0.3 is 10.2 Å². The second kappa shape index (κ2) is 6.48. The fraction of sp³-hybridized carbons (Fsp3) is 0.0625. The largest absolute Gasteiger partial charge is 0.507 e. The highest BCUT2D eigenvalue weighted by Gasteiger charge is 2.23. The number of hydrogen-bond donors (Lipinski definition) is 4. The third-order valence-electron chi connectivity index (χ3n) is 3.65. The zero-order chi connectivity index (χ0) is 18.9. The van der Waals surface area contributed by atoms with E-state index >= 15 is 0 Å². The molecule has 4 N–H and O–H groups in total. The Kier molecular flexibility index (Phi) is 4.34. The molecule has 3 rings (SSSR count). The molecule has 10 heteroatoms. The number of carbonyl (C=O) groups is 1. The number of phenols is 1. The van der Waals surface area contributed by atoms with Crippen LogP contribution < -0.4 is 4.72 Å². The summed E-state index contributed by atoms with van der Waals surface area (Å²) in [7, 11) is -4.12. The van der Waals surface area contributed by atoms with Crippen LogP contribution in [0.25, 0.3) is 11.4 Å². The fourth-order valence-corrected chi connectivity index (χ4v) is 3.78. The van der Waals surface area contributed by atoms with Crippen LogP contribution in [0, 0.1) is 6.92 Å². The lowest BCUT2D eigenvalue weighted by atomic mass is 10.1. The number of nitrogens with one attached hydrogen (secondary N) is 2. The summed E-state index contributed by atoms with van der Waals surface area (Å²) in [6.07, 6.45) is 1.30. The number of aryl methyl sites for hydroxylation is 1. The van der Waals surface area contributed by atoms with Gasteiger partial charge in [0, 0.05) is 5.56 Å². The van der Waals surface area contributed by atoms with Gasteiger partial charge in [0.25, 0.3) is 10.0 Å². The molecule has 2 aromatic carbocycles. The maximum Gasteiger partial charge on any atom is 0.339 e. The lowest BCUT2D eigenvalue weighted by molar-refractivity contribution is 0.0693. The van der Waals surface area contributed by atoms with Crippen LogP contribution in [0.3, 0.4) is 0 Å². The number of H-pyrrole nitrogens is 1. The number of rotatable bonds is 5. The number of aromatic carboxylic acids is 1. The number of sulfonamides is 1. The first-order valence-corrected chi connectivity index (χ1v) is 8.82. The van der Waals surface area contributed by atoms with Crippen molar-refractivity contribution in [3.8, 4) is 17.1 Å². The van der Waals surface area contributed by atoms with E-state index in [9.17, 15) is 18.3 Å². The number of aromatic hydroxyl groups is 1. The summed E-state index contributed by atoms with van der Waals surface area (Å²) >= 11 is 0. The lowest BCUT2D eigenvalue weighted by Gasteiger charge is -2.14. The Hall–Kier alpha value is -3.40. The number of aromatic nitrogens is 3. The number of hydrogen-bond acceptors (Lipinski definition) is 6. The average Bonchev–Trinajstić information content (AvgIpc) is 3.08. The first kappa shape index (κ1) is 17.4. The molecule has 26 heavy (non-hydrogen) atoms. The van der Waals surface area contributed by atoms with Crippen LogP contribution in [0.15, 0.2) is 47.6 Å². The van der Waals surface area contributed by atoms with Crippen molar-refractivity contribution in [2.75, 3.05) is 4.72 Å². The molecule has 0 fully saturated rings. The predicted octanol–water partition coefficient (Wildman–Crippen LogP) is 1.98. The maximum absolute atomic E-state index is 12.8. The quantitative estimate of drug-likeness (QED) is 0.534. The van der Waals surface area contributed by atoms with Crippen molar-refractivity contribution in [2.24, 2.45) is 0 Å². The highest BCUT2D eigenvalue weighted by molar-refractivity contribution is 7.92. The Morgan fingerprint density at radius 1 is 1.23 bits per heavy atom. The molecule has 0 bridgehead atoms. The summed E-state index contributed by atoms with van der Waals surface area (Å²) in [5.41, 5.74) is 0.425. The van der Waals surface area contributed by atoms with E-state index in [0.29, 0.717) is 11.4 Å². The van der Waals surface area contributed by atoms with E-state index in [-0.39, 0.29) is 16.1 Å². The maximum atomic E-state index is 12.8. The molecule has 3 aromatic rings. The van der Waals surface area contributed by atoms with Crippen LogP contribution >= 0.6 is 0 Å². The molecule has 1 aromatic heterocycles. The molecular weight excluding hydrogens is 360 g/mol. The minimum Gasteiger partial charge on any atom is -0.507 e. The van der Waals surface area contributed by atoms with Crippen molar-refractivity contribution in [3.63, 3.8) is 0 Å². The van der Waals surface area contributed by atoms with Gasteiger partial charge in [-0.2, -0.15) is 5.10 Å². The van der Waals surface area contributed by atoms with Crippen LogP contribution in [0.5, 0.6) is 5.75 Å². The topological polar surface area (TPSA) is 145 Å². The summed E-state index contributed by atoms with van der Waals surface area (Å²) in [6.45, 7) is 1.46. The highest BCUT2D eigenvalue weighted by Crippen LogP contribution is 2.30. The van der Waals surface area contributed by atoms with Gasteiger partial charge in [0.1, 0.15) is 17.6 Å². The number of aromatic amines is 1. The van der Waals surface area contributed by atoms with Gasteiger partial charge in [0.05, 0.1) is 10.6 Å². The van der Waals surface area contributed by atoms with Gasteiger partial charge in [-0.25, -0.2) is 18.2 Å². The van der Waals surface area contributed by atoms with Crippen LogP contribution in [-0.2, 0) is 10.0 Å². The first-order valence-electron chi connectivity index (χ1n) is 7.34. The van der Waals surface area contributed by atoms with Crippen molar-refractivity contribution in [1.29, 1.82) is 0 Å². The second-order valence-corrected chi connectivity index (χ2v) is 7.08. The number of anilines is 1. The third-order valence-corrected chi connectivity index (χ3v) is 5.16. The summed E-state index contributed by atoms with van der Waals surface area (Å²) in [4.78, 5) is 14.9. The predicted molar refractivity (Wildman–Crippen MR) is 92.4 cm³/mol. The smallest absolute Gasteiger partial charge is 0.339 e. The molecule has 0 spiro atoms. The minimum atomic E-state index is -4.12. The number of nitrogens with zero attached hydrogens (tertiary/aromatic N) is 2. The van der Waals surface area contributed by atoms with E-state index < -0.39 is 27.3 Å². The highest BCUT2D eigenvalue weighted by atomic mass is 32.2. The van der Waals surface area contributed by atoms with Crippen molar-refractivity contribution in [1.82, 2.24) is 15.2 Å². The summed E-state index contributed by atoms with van der Waals surface area (Å²) in [6, 6.07) is 8.58. The van der Waals surface area contributed by atoms with Gasteiger partial charge in [-0.1, -0.05) is 12.1 Å². The van der Waals surface area contributed by atoms with E-state index in [1.807, 2.05) is 0 Å². The Bertz CT molecular complexity index is 1080. The second-order valence-electron chi connectivity index (χ2n) is 5.43. The summed E-state index contributed by atoms with van der Waals surface area (Å²) in [5, 5.41) is 25.2. The van der Waals surface area contributed by atoms with Gasteiger partial charge >= 0.3 is 5.97 Å². The minimum absolute atomic E-state index is 0.206. The van der Waals surface area contributed by atoms with Crippen molar-refractivity contribution < 1.29 is 23.4 Å². The van der Waals surface area contributed by atoms with Gasteiger partial charge in [-0.3, -0.25) is 9.82 Å². The molecule has 0 radical (unpaired) electrons. The van der Waals surface area contributed by atoms with Crippen LogP contribution in [-0.4, -0.2) is 39.8 Å². The molecule has 134 valence electrons. The molecule has 0 unspecified atom stereocenters. The SMILES string of the molecule is Cc1cc(O)c(C(=O)O)cc1S(=O)(=O)Nc1ccccc1-c1ncn[nH]1. The third kappa shape index (κ3) is 3.22. The summed E-state index contributed by atoms with van der Waals surface area (Å²) in [5.74, 6) is -1.56. The molecule has 1 heterocycles. The van der Waals surface area contributed by atoms with E-state index in [1.165, 1.54) is 13.3 Å². The van der Waals surface area contributed by atoms with E-state index in [0.717, 1.165) is 12.1 Å². The van der Waals surface area contributed by atoms with E-state index in [2.05, 4.69) is 19.9 Å². The molecule has 0 saturated heterocycles. The van der Waals surface area contributed by atoms with E-state index in [4.69, 9.17) is 5.11 Å². The van der Waals surface area contributed by atoms with E-state index in [1.54, 1.807) is 24.3 Å². The number of benzene rings is 2. The standard InChI is InChI=1S/C16H14N4O5S/c1-9-6-13(21)11(16(22)23)7-14(9)26(24,25)20-12-5-3-2-4-10(12)15-17-8-18-19-15/h2-8,20-21H,1H3,(H,22,23)(H,17,18,19). The molecule has 0 atom stereocenters. The van der Waals surface area contributed by atoms with Gasteiger partial charge in [-0.15, -0.1) is 0 Å². The monoisotopic (exact) mass is 374 g/mol. The normalized spacial score (nSPS) is 11.3. The molecule has 0 aliphatic heterocycles. The van der Waals surface area contributed by atoms with Crippen molar-refractivity contribution >= 4 is 21.7 Å². The Morgan fingerprint density at radius 2 is 1.96 bits per heavy atom. The van der Waals surface area contributed by atoms with Gasteiger partial charge in [0.15, 0.2) is 5.82 Å². The Balaban J connectivity index is 2.07. The van der Waals surface area contributed by atoms with Crippen LogP contribution in [0.1, 0.15) is 15.9 Å². The fourth-order valence-electron chi connectivity index (χ4n) is 2.45. The first-order chi connectivity index (χ1) is 12.3. The lowest BCUT2D eigenvalue weighted by Crippen LogP contribution is -2.16. The molecular formula is C16H14N4O5S. The van der Waals surface area contributed by atoms with Gasteiger partial charge in [0.2, 0.25) is 0 Å². The molecule has 0 aliphatic rings. The Morgan fingerprint density at radius 3 is 2.62 bits per heavy atom.